The van der Waals surface area contributed by atoms with E-state index in [1.807, 2.05) is 0 Å². The highest BCUT2D eigenvalue weighted by Crippen LogP contribution is 2.33. The molecule has 2 aromatic carbocycles. The van der Waals surface area contributed by atoms with Gasteiger partial charge in [-0.1, -0.05) is 24.3 Å². The van der Waals surface area contributed by atoms with Gasteiger partial charge in [0.1, 0.15) is 66.4 Å². The molecule has 0 aromatic heterocycles. The molecule has 0 amide bonds. The minimum absolute atomic E-state index is 0.00788. The number of carbonyl (C=O) groups is 1. The Labute approximate surface area is 298 Å². The number of rotatable bonds is 12. The molecule has 3 aliphatic rings. The van der Waals surface area contributed by atoms with Gasteiger partial charge in [-0.15, -0.1) is 0 Å². The average Bonchev–Trinajstić information content (AvgIpc) is 3.12. The van der Waals surface area contributed by atoms with Gasteiger partial charge in [0, 0.05) is 6.08 Å². The minimum Gasteiger partial charge on any atom is -0.508 e. The van der Waals surface area contributed by atoms with Crippen molar-refractivity contribution in [2.24, 2.45) is 0 Å². The lowest BCUT2D eigenvalue weighted by Crippen LogP contribution is -2.66. The summed E-state index contributed by atoms with van der Waals surface area (Å²) in [4.78, 5) is 13.0. The van der Waals surface area contributed by atoms with Gasteiger partial charge in [0.2, 0.25) is 0 Å². The molecule has 0 radical (unpaired) electrons. The number of aliphatic hydroxyl groups excluding tert-OH is 7. The quantitative estimate of drug-likeness (QED) is 0.0879. The van der Waals surface area contributed by atoms with Crippen LogP contribution < -0.4 is 0 Å². The van der Waals surface area contributed by atoms with Crippen LogP contribution >= 0.6 is 0 Å². The summed E-state index contributed by atoms with van der Waals surface area (Å²) < 4.78 is 40.3. The molecule has 3 aliphatic heterocycles. The van der Waals surface area contributed by atoms with E-state index < -0.39 is 105 Å². The maximum Gasteiger partial charge on any atom is 0.331 e. The zero-order valence-corrected chi connectivity index (χ0v) is 28.3. The largest absolute Gasteiger partial charge is 0.508 e. The van der Waals surface area contributed by atoms with Gasteiger partial charge in [-0.3, -0.25) is 0 Å². The molecule has 9 N–H and O–H groups in total. The third-order valence-corrected chi connectivity index (χ3v) is 9.13. The number of hydrogen-bond donors (Lipinski definition) is 9. The molecule has 17 nitrogen and oxygen atoms in total. The van der Waals surface area contributed by atoms with E-state index in [-0.39, 0.29) is 18.1 Å². The Morgan fingerprint density at radius 2 is 1.25 bits per heavy atom. The normalized spacial score (nSPS) is 38.3. The molecule has 0 bridgehead atoms. The van der Waals surface area contributed by atoms with Crippen LogP contribution in [0, 0.1) is 0 Å². The molecule has 3 saturated heterocycles. The van der Waals surface area contributed by atoms with Crippen LogP contribution in [0.2, 0.25) is 0 Å². The summed E-state index contributed by atoms with van der Waals surface area (Å²) in [6.07, 6.45) is -19.6. The Morgan fingerprint density at radius 1 is 0.673 bits per heavy atom. The van der Waals surface area contributed by atoms with Crippen molar-refractivity contribution in [1.82, 2.24) is 0 Å². The summed E-state index contributed by atoms with van der Waals surface area (Å²) in [5, 5.41) is 93.7. The lowest BCUT2D eigenvalue weighted by atomic mass is 9.96. The molecule has 2 aromatic rings. The Kier molecular flexibility index (Phi) is 13.6. The second-order valence-corrected chi connectivity index (χ2v) is 12.9. The number of phenols is 2. The second-order valence-electron chi connectivity index (χ2n) is 12.9. The Bertz CT molecular complexity index is 1460. The third-order valence-electron chi connectivity index (χ3n) is 9.13. The molecule has 3 heterocycles. The molecule has 15 atom stereocenters. The van der Waals surface area contributed by atoms with E-state index in [1.54, 1.807) is 24.3 Å². The summed E-state index contributed by atoms with van der Waals surface area (Å²) >= 11 is 0. The summed E-state index contributed by atoms with van der Waals surface area (Å²) in [7, 11) is 0. The van der Waals surface area contributed by atoms with Gasteiger partial charge in [0.15, 0.2) is 25.0 Å². The van der Waals surface area contributed by atoms with Gasteiger partial charge in [-0.05, 0) is 61.7 Å². The first-order valence-electron chi connectivity index (χ1n) is 16.8. The smallest absolute Gasteiger partial charge is 0.331 e. The number of esters is 1. The number of phenolic OH excluding ortho intramolecular Hbond substituents is 2. The highest BCUT2D eigenvalue weighted by Gasteiger charge is 2.54. The number of ether oxygens (including phenoxy) is 7. The van der Waals surface area contributed by atoms with Crippen LogP contribution in [0.15, 0.2) is 54.6 Å². The Balaban J connectivity index is 1.32. The van der Waals surface area contributed by atoms with Crippen molar-refractivity contribution in [3.63, 3.8) is 0 Å². The van der Waals surface area contributed by atoms with Crippen molar-refractivity contribution in [2.75, 3.05) is 13.2 Å². The van der Waals surface area contributed by atoms with E-state index in [4.69, 9.17) is 33.2 Å². The monoisotopic (exact) mass is 738 g/mol. The first kappa shape index (κ1) is 39.9. The molecule has 52 heavy (non-hydrogen) atoms. The Hall–Kier alpha value is -3.27. The molecule has 288 valence electrons. The summed E-state index contributed by atoms with van der Waals surface area (Å²) in [6, 6.07) is 12.3. The topological polar surface area (TPSA) is 264 Å². The van der Waals surface area contributed by atoms with Gasteiger partial charge >= 0.3 is 5.97 Å². The highest BCUT2D eigenvalue weighted by atomic mass is 16.8. The van der Waals surface area contributed by atoms with Crippen LogP contribution in [0.4, 0.5) is 0 Å². The van der Waals surface area contributed by atoms with E-state index in [0.717, 1.165) is 11.6 Å². The molecule has 5 rings (SSSR count). The minimum atomic E-state index is -1.86. The standard InChI is InChI=1S/C35H46O17/c1-16-24(40)25(41)27(43)34(47-16)51-30-17(2)48-35(28(44)26(30)42)52-32-29(45)33(46-14-13-19-5-10-21(38)11-6-19)49-22(15-36)31(32)50-23(39)12-7-18-3-8-20(37)9-4-18/h3-12,16-17,22,24-38,40-45H,13-15H2,1-2H3/b12-7+/t16-,17+,22+,24-,25+,26+,27-,28+,29-,30-,31+,32+,33-,34-,35-/m0/s1. The van der Waals surface area contributed by atoms with Crippen LogP contribution in [0.25, 0.3) is 6.08 Å². The van der Waals surface area contributed by atoms with Gasteiger partial charge in [-0.2, -0.15) is 0 Å². The van der Waals surface area contributed by atoms with Crippen molar-refractivity contribution in [3.8, 4) is 11.5 Å². The van der Waals surface area contributed by atoms with Crippen molar-refractivity contribution < 1.29 is 83.9 Å². The molecule has 0 unspecified atom stereocenters. The maximum absolute atomic E-state index is 13.0. The number of hydrogen-bond acceptors (Lipinski definition) is 17. The number of benzene rings is 2. The maximum atomic E-state index is 13.0. The number of carbonyl (C=O) groups excluding carboxylic acids is 1. The molecule has 0 spiro atoms. The van der Waals surface area contributed by atoms with E-state index in [1.165, 1.54) is 44.2 Å². The fraction of sp³-hybridized carbons (Fsp3) is 0.571. The van der Waals surface area contributed by atoms with E-state index in [9.17, 15) is 50.8 Å². The number of aliphatic hydroxyl groups is 7. The lowest BCUT2D eigenvalue weighted by Gasteiger charge is -2.48. The third kappa shape index (κ3) is 9.44. The van der Waals surface area contributed by atoms with Gasteiger partial charge in [0.05, 0.1) is 25.4 Å². The number of aromatic hydroxyl groups is 2. The molecule has 0 saturated carbocycles. The van der Waals surface area contributed by atoms with E-state index >= 15 is 0 Å². The van der Waals surface area contributed by atoms with Crippen LogP contribution in [-0.4, -0.2) is 157 Å². The summed E-state index contributed by atoms with van der Waals surface area (Å²) in [6.45, 7) is 2.18. The fourth-order valence-corrected chi connectivity index (χ4v) is 6.10. The van der Waals surface area contributed by atoms with Gasteiger partial charge in [0.25, 0.3) is 0 Å². The predicted molar refractivity (Wildman–Crippen MR) is 175 cm³/mol. The van der Waals surface area contributed by atoms with Crippen LogP contribution in [0.1, 0.15) is 25.0 Å². The van der Waals surface area contributed by atoms with Crippen molar-refractivity contribution >= 4 is 12.0 Å². The van der Waals surface area contributed by atoms with E-state index in [0.29, 0.717) is 12.0 Å². The van der Waals surface area contributed by atoms with Crippen molar-refractivity contribution in [3.05, 3.63) is 65.7 Å². The SMILES string of the molecule is C[C@@H]1O[C@@H](O[C@@H]2[C@H](O)[C@@H](O)[C@H](O[C@@H]3[C@H](O)[C@@H](OCCc4ccc(O)cc4)O[C@H](CO)[C@H]3OC(=O)/C=C/c3ccc(O)cc3)O[C@@H]2C)[C@@H](O)[C@H](O)[C@H]1O. The summed E-state index contributed by atoms with van der Waals surface area (Å²) in [5.41, 5.74) is 1.35. The van der Waals surface area contributed by atoms with Crippen molar-refractivity contribution in [1.29, 1.82) is 0 Å². The van der Waals surface area contributed by atoms with Crippen LogP contribution in [0.5, 0.6) is 11.5 Å². The van der Waals surface area contributed by atoms with Crippen LogP contribution in [-0.2, 0) is 44.4 Å². The summed E-state index contributed by atoms with van der Waals surface area (Å²) in [5.74, 6) is -0.819. The van der Waals surface area contributed by atoms with Gasteiger partial charge in [-0.25, -0.2) is 4.79 Å². The molecule has 3 fully saturated rings. The van der Waals surface area contributed by atoms with Gasteiger partial charge < -0.3 is 79.1 Å². The first-order valence-corrected chi connectivity index (χ1v) is 16.8. The van der Waals surface area contributed by atoms with Crippen LogP contribution in [0.3, 0.4) is 0 Å². The molecular formula is C35H46O17. The zero-order chi connectivity index (χ0) is 37.7. The predicted octanol–water partition coefficient (Wildman–Crippen LogP) is -1.58. The molecular weight excluding hydrogens is 692 g/mol. The first-order chi connectivity index (χ1) is 24.8. The van der Waals surface area contributed by atoms with Crippen molar-refractivity contribution in [2.45, 2.75) is 112 Å². The lowest BCUT2D eigenvalue weighted by molar-refractivity contribution is -0.375. The second kappa shape index (κ2) is 17.7. The molecule has 0 aliphatic carbocycles. The zero-order valence-electron chi connectivity index (χ0n) is 28.3. The average molecular weight is 739 g/mol. The highest BCUT2D eigenvalue weighted by molar-refractivity contribution is 5.87. The Morgan fingerprint density at radius 3 is 1.88 bits per heavy atom. The fourth-order valence-electron chi connectivity index (χ4n) is 6.10. The molecule has 17 heteroatoms. The van der Waals surface area contributed by atoms with E-state index in [2.05, 4.69) is 0 Å².